The molecule has 0 aliphatic heterocycles. The van der Waals surface area contributed by atoms with E-state index in [0.29, 0.717) is 23.9 Å². The summed E-state index contributed by atoms with van der Waals surface area (Å²) in [5.41, 5.74) is 1.06. The van der Waals surface area contributed by atoms with Gasteiger partial charge in [0.1, 0.15) is 4.90 Å². The third kappa shape index (κ3) is 3.84. The van der Waals surface area contributed by atoms with Gasteiger partial charge in [0.05, 0.1) is 24.5 Å². The molecule has 1 aromatic rings. The first-order valence-electron chi connectivity index (χ1n) is 7.56. The average molecular weight is 315 g/mol. The molecule has 0 spiro atoms. The van der Waals surface area contributed by atoms with Crippen LogP contribution in [0, 0.1) is 19.8 Å². The van der Waals surface area contributed by atoms with Crippen LogP contribution >= 0.6 is 0 Å². The minimum Gasteiger partial charge on any atom is -0.394 e. The summed E-state index contributed by atoms with van der Waals surface area (Å²) in [6, 6.07) is -0.0116. The van der Waals surface area contributed by atoms with Gasteiger partial charge in [-0.3, -0.25) is 4.68 Å². The average Bonchev–Trinajstić information content (AvgIpc) is 3.15. The molecule has 2 rings (SSSR count). The summed E-state index contributed by atoms with van der Waals surface area (Å²) < 4.78 is 29.6. The van der Waals surface area contributed by atoms with Gasteiger partial charge in [0.15, 0.2) is 0 Å². The van der Waals surface area contributed by atoms with Crippen LogP contribution in [-0.2, 0) is 16.6 Å². The highest BCUT2D eigenvalue weighted by molar-refractivity contribution is 7.89. The van der Waals surface area contributed by atoms with Crippen LogP contribution in [0.5, 0.6) is 0 Å². The highest BCUT2D eigenvalue weighted by Crippen LogP contribution is 2.34. The van der Waals surface area contributed by atoms with Gasteiger partial charge in [-0.2, -0.15) is 5.10 Å². The number of aliphatic hydroxyl groups excluding tert-OH is 1. The SMILES string of the molecule is CCC(CC1CC1)NS(=O)(=O)c1c(C)nn(CCO)c1C. The van der Waals surface area contributed by atoms with Crippen LogP contribution in [0.25, 0.3) is 0 Å². The predicted octanol–water partition coefficient (Wildman–Crippen LogP) is 1.35. The third-order valence-electron chi connectivity index (χ3n) is 4.03. The molecular weight excluding hydrogens is 290 g/mol. The first-order chi connectivity index (χ1) is 9.89. The van der Waals surface area contributed by atoms with E-state index in [4.69, 9.17) is 5.11 Å². The summed E-state index contributed by atoms with van der Waals surface area (Å²) in [7, 11) is -3.56. The summed E-state index contributed by atoms with van der Waals surface area (Å²) in [5, 5.41) is 13.2. The van der Waals surface area contributed by atoms with E-state index in [-0.39, 0.29) is 17.5 Å². The van der Waals surface area contributed by atoms with Gasteiger partial charge in [-0.1, -0.05) is 19.8 Å². The van der Waals surface area contributed by atoms with Crippen molar-refractivity contribution in [3.8, 4) is 0 Å². The number of nitrogens with zero attached hydrogens (tertiary/aromatic N) is 2. The Morgan fingerprint density at radius 3 is 2.62 bits per heavy atom. The molecule has 1 fully saturated rings. The Morgan fingerprint density at radius 2 is 2.10 bits per heavy atom. The maximum atomic E-state index is 12.6. The van der Waals surface area contributed by atoms with Crippen molar-refractivity contribution in [3.05, 3.63) is 11.4 Å². The van der Waals surface area contributed by atoms with Gasteiger partial charge in [0.2, 0.25) is 10.0 Å². The van der Waals surface area contributed by atoms with Gasteiger partial charge in [-0.15, -0.1) is 0 Å². The lowest BCUT2D eigenvalue weighted by atomic mass is 10.1. The van der Waals surface area contributed by atoms with Crippen LogP contribution in [-0.4, -0.2) is 36.0 Å². The molecular formula is C14H25N3O3S. The maximum Gasteiger partial charge on any atom is 0.244 e. The Labute approximate surface area is 126 Å². The fourth-order valence-corrected chi connectivity index (χ4v) is 4.46. The van der Waals surface area contributed by atoms with Gasteiger partial charge in [-0.25, -0.2) is 13.1 Å². The smallest absolute Gasteiger partial charge is 0.244 e. The van der Waals surface area contributed by atoms with Crippen molar-refractivity contribution in [2.45, 2.75) is 63.9 Å². The number of sulfonamides is 1. The predicted molar refractivity (Wildman–Crippen MR) is 80.5 cm³/mol. The standard InChI is InChI=1S/C14H25N3O3S/c1-4-13(9-12-5-6-12)16-21(19,20)14-10(2)15-17(7-8-18)11(14)3/h12-13,16,18H,4-9H2,1-3H3. The van der Waals surface area contributed by atoms with Crippen molar-refractivity contribution in [3.63, 3.8) is 0 Å². The van der Waals surface area contributed by atoms with Crippen molar-refractivity contribution < 1.29 is 13.5 Å². The molecule has 1 unspecified atom stereocenters. The molecule has 0 aromatic carbocycles. The van der Waals surface area contributed by atoms with Gasteiger partial charge >= 0.3 is 0 Å². The Hall–Kier alpha value is -0.920. The molecule has 1 aromatic heterocycles. The van der Waals surface area contributed by atoms with E-state index in [1.807, 2.05) is 6.92 Å². The number of aryl methyl sites for hydroxylation is 1. The van der Waals surface area contributed by atoms with Crippen LogP contribution in [0.2, 0.25) is 0 Å². The number of aliphatic hydroxyl groups is 1. The fourth-order valence-electron chi connectivity index (χ4n) is 2.71. The Morgan fingerprint density at radius 1 is 1.43 bits per heavy atom. The summed E-state index contributed by atoms with van der Waals surface area (Å²) in [4.78, 5) is 0.255. The molecule has 1 saturated carbocycles. The van der Waals surface area contributed by atoms with Gasteiger partial charge in [0, 0.05) is 6.04 Å². The molecule has 6 nitrogen and oxygen atoms in total. The summed E-state index contributed by atoms with van der Waals surface area (Å²) in [6.45, 7) is 5.67. The molecule has 0 bridgehead atoms. The lowest BCUT2D eigenvalue weighted by Crippen LogP contribution is -2.35. The second kappa shape index (κ2) is 6.46. The molecule has 120 valence electrons. The van der Waals surface area contributed by atoms with Gasteiger partial charge in [0.25, 0.3) is 0 Å². The van der Waals surface area contributed by atoms with E-state index < -0.39 is 10.0 Å². The number of hydrogen-bond acceptors (Lipinski definition) is 4. The van der Waals surface area contributed by atoms with E-state index in [1.54, 1.807) is 18.5 Å². The first kappa shape index (κ1) is 16.5. The lowest BCUT2D eigenvalue weighted by Gasteiger charge is -2.17. The van der Waals surface area contributed by atoms with E-state index in [0.717, 1.165) is 12.8 Å². The molecule has 0 saturated heterocycles. The van der Waals surface area contributed by atoms with Crippen molar-refractivity contribution in [2.24, 2.45) is 5.92 Å². The van der Waals surface area contributed by atoms with Crippen LogP contribution in [0.3, 0.4) is 0 Å². The number of rotatable bonds is 8. The van der Waals surface area contributed by atoms with Gasteiger partial charge < -0.3 is 5.11 Å². The lowest BCUT2D eigenvalue weighted by molar-refractivity contribution is 0.267. The molecule has 1 atom stereocenters. The van der Waals surface area contributed by atoms with Crippen LogP contribution < -0.4 is 4.72 Å². The summed E-state index contributed by atoms with van der Waals surface area (Å²) in [6.07, 6.45) is 4.13. The van der Waals surface area contributed by atoms with E-state index in [2.05, 4.69) is 9.82 Å². The molecule has 0 amide bonds. The van der Waals surface area contributed by atoms with E-state index in [1.165, 1.54) is 12.8 Å². The quantitative estimate of drug-likeness (QED) is 0.758. The third-order valence-corrected chi connectivity index (χ3v) is 5.80. The minimum absolute atomic E-state index is 0.0116. The van der Waals surface area contributed by atoms with Crippen molar-refractivity contribution in [2.75, 3.05) is 6.61 Å². The first-order valence-corrected chi connectivity index (χ1v) is 9.04. The Balaban J connectivity index is 2.21. The van der Waals surface area contributed by atoms with Crippen LogP contribution in [0.4, 0.5) is 0 Å². The van der Waals surface area contributed by atoms with E-state index >= 15 is 0 Å². The molecule has 1 heterocycles. The highest BCUT2D eigenvalue weighted by Gasteiger charge is 2.30. The van der Waals surface area contributed by atoms with Gasteiger partial charge in [-0.05, 0) is 32.6 Å². The monoisotopic (exact) mass is 315 g/mol. The van der Waals surface area contributed by atoms with Crippen molar-refractivity contribution in [1.29, 1.82) is 0 Å². The van der Waals surface area contributed by atoms with Crippen LogP contribution in [0.1, 0.15) is 44.0 Å². The normalized spacial score (nSPS) is 17.1. The molecule has 1 aliphatic rings. The Kier molecular flexibility index (Phi) is 5.06. The largest absolute Gasteiger partial charge is 0.394 e. The van der Waals surface area contributed by atoms with E-state index in [9.17, 15) is 8.42 Å². The number of nitrogens with one attached hydrogen (secondary N) is 1. The zero-order valence-electron chi connectivity index (χ0n) is 13.0. The molecule has 2 N–H and O–H groups in total. The van der Waals surface area contributed by atoms with Crippen LogP contribution in [0.15, 0.2) is 4.90 Å². The maximum absolute atomic E-state index is 12.6. The number of hydrogen-bond donors (Lipinski definition) is 2. The summed E-state index contributed by atoms with van der Waals surface area (Å²) in [5.74, 6) is 0.678. The fraction of sp³-hybridized carbons (Fsp3) is 0.786. The summed E-state index contributed by atoms with van der Waals surface area (Å²) >= 11 is 0. The Bertz CT molecular complexity index is 591. The van der Waals surface area contributed by atoms with Crippen molar-refractivity contribution in [1.82, 2.24) is 14.5 Å². The second-order valence-corrected chi connectivity index (χ2v) is 7.50. The highest BCUT2D eigenvalue weighted by atomic mass is 32.2. The molecule has 7 heteroatoms. The molecule has 0 radical (unpaired) electrons. The van der Waals surface area contributed by atoms with Crippen molar-refractivity contribution >= 4 is 10.0 Å². The zero-order valence-corrected chi connectivity index (χ0v) is 13.8. The minimum atomic E-state index is -3.56. The second-order valence-electron chi connectivity index (χ2n) is 5.85. The zero-order chi connectivity index (χ0) is 15.6. The number of aromatic nitrogens is 2. The topological polar surface area (TPSA) is 84.2 Å². The molecule has 1 aliphatic carbocycles. The molecule has 21 heavy (non-hydrogen) atoms.